The van der Waals surface area contributed by atoms with Gasteiger partial charge in [-0.25, -0.2) is 0 Å². The second-order valence-electron chi connectivity index (χ2n) is 8.89. The molecule has 2 amide bonds. The minimum atomic E-state index is -0.0418. The minimum Gasteiger partial charge on any atom is -0.493 e. The van der Waals surface area contributed by atoms with Gasteiger partial charge in [0.2, 0.25) is 11.8 Å². The van der Waals surface area contributed by atoms with Gasteiger partial charge in [-0.15, -0.1) is 0 Å². The number of hydrogen-bond donors (Lipinski definition) is 1. The average Bonchev–Trinajstić information content (AvgIpc) is 2.85. The fourth-order valence-corrected chi connectivity index (χ4v) is 4.24. The molecular weight excluding hydrogens is 414 g/mol. The maximum atomic E-state index is 12.8. The van der Waals surface area contributed by atoms with Crippen molar-refractivity contribution in [3.8, 4) is 5.75 Å². The molecule has 3 rings (SSSR count). The average molecular weight is 452 g/mol. The van der Waals surface area contributed by atoms with Crippen molar-refractivity contribution in [3.05, 3.63) is 65.7 Å². The number of nitrogens with zero attached hydrogens (tertiary/aromatic N) is 2. The summed E-state index contributed by atoms with van der Waals surface area (Å²) in [4.78, 5) is 29.3. The van der Waals surface area contributed by atoms with E-state index in [4.69, 9.17) is 4.74 Å². The van der Waals surface area contributed by atoms with E-state index in [0.29, 0.717) is 45.5 Å². The number of benzene rings is 2. The van der Waals surface area contributed by atoms with Gasteiger partial charge in [-0.05, 0) is 56.6 Å². The van der Waals surface area contributed by atoms with Crippen molar-refractivity contribution in [1.29, 1.82) is 0 Å². The van der Waals surface area contributed by atoms with E-state index in [9.17, 15) is 9.59 Å². The summed E-state index contributed by atoms with van der Waals surface area (Å²) in [6, 6.07) is 18.3. The molecule has 1 saturated heterocycles. The van der Waals surface area contributed by atoms with Crippen molar-refractivity contribution in [2.75, 3.05) is 40.3 Å². The Kier molecular flexibility index (Phi) is 9.31. The molecule has 0 saturated carbocycles. The minimum absolute atomic E-state index is 0.0418. The molecule has 178 valence electrons. The van der Waals surface area contributed by atoms with Crippen LogP contribution in [0.15, 0.2) is 54.6 Å². The highest BCUT2D eigenvalue weighted by Crippen LogP contribution is 2.21. The van der Waals surface area contributed by atoms with Gasteiger partial charge in [0.05, 0.1) is 19.1 Å². The summed E-state index contributed by atoms with van der Waals surface area (Å²) < 4.78 is 5.63. The lowest BCUT2D eigenvalue weighted by Gasteiger charge is -2.32. The van der Waals surface area contributed by atoms with Gasteiger partial charge in [-0.2, -0.15) is 0 Å². The number of rotatable bonds is 10. The Labute approximate surface area is 197 Å². The van der Waals surface area contributed by atoms with Crippen LogP contribution in [0.4, 0.5) is 0 Å². The van der Waals surface area contributed by atoms with Crippen molar-refractivity contribution < 1.29 is 14.3 Å². The van der Waals surface area contributed by atoms with Crippen molar-refractivity contribution >= 4 is 11.8 Å². The first-order chi connectivity index (χ1) is 16.0. The third-order valence-electron chi connectivity index (χ3n) is 6.41. The quantitative estimate of drug-likeness (QED) is 0.599. The Bertz CT molecular complexity index is 875. The number of aryl methyl sites for hydroxylation is 1. The number of carbonyl (C=O) groups excluding carboxylic acids is 2. The SMILES string of the molecule is CCc1ccc(C(CNC(=O)C2CCN(C(=O)CCOc3ccccc3)CC2)N(C)C)cc1. The fraction of sp³-hybridized carbons (Fsp3) is 0.481. The Morgan fingerprint density at radius 2 is 1.73 bits per heavy atom. The number of hydrogen-bond acceptors (Lipinski definition) is 4. The molecule has 0 aromatic heterocycles. The number of ether oxygens (including phenoxy) is 1. The zero-order chi connectivity index (χ0) is 23.6. The van der Waals surface area contributed by atoms with Crippen LogP contribution in [0.1, 0.15) is 43.4 Å². The van der Waals surface area contributed by atoms with Gasteiger partial charge in [-0.1, -0.05) is 49.4 Å². The molecule has 1 atom stereocenters. The standard InChI is InChI=1S/C27H37N3O3/c1-4-21-10-12-22(13-11-21)25(29(2)3)20-28-27(32)23-14-17-30(18-15-23)26(31)16-19-33-24-8-6-5-7-9-24/h5-13,23,25H,4,14-20H2,1-3H3,(H,28,32). The van der Waals surface area contributed by atoms with E-state index in [-0.39, 0.29) is 23.8 Å². The van der Waals surface area contributed by atoms with Gasteiger partial charge < -0.3 is 19.9 Å². The summed E-state index contributed by atoms with van der Waals surface area (Å²) in [5, 5.41) is 3.15. The second kappa shape index (κ2) is 12.4. The van der Waals surface area contributed by atoms with Crippen molar-refractivity contribution in [2.24, 2.45) is 5.92 Å². The van der Waals surface area contributed by atoms with Crippen LogP contribution in [-0.4, -0.2) is 62.0 Å². The van der Waals surface area contributed by atoms with Crippen LogP contribution in [0.5, 0.6) is 5.75 Å². The third-order valence-corrected chi connectivity index (χ3v) is 6.41. The molecule has 33 heavy (non-hydrogen) atoms. The Morgan fingerprint density at radius 3 is 2.33 bits per heavy atom. The van der Waals surface area contributed by atoms with Gasteiger partial charge in [-0.3, -0.25) is 9.59 Å². The third kappa shape index (κ3) is 7.32. The molecule has 1 aliphatic rings. The number of carbonyl (C=O) groups is 2. The molecule has 0 aliphatic carbocycles. The molecule has 1 heterocycles. The lowest BCUT2D eigenvalue weighted by molar-refractivity contribution is -0.136. The summed E-state index contributed by atoms with van der Waals surface area (Å²) in [6.45, 7) is 4.34. The molecule has 1 aliphatic heterocycles. The van der Waals surface area contributed by atoms with Crippen molar-refractivity contribution in [2.45, 2.75) is 38.6 Å². The summed E-state index contributed by atoms with van der Waals surface area (Å²) in [6.07, 6.45) is 2.78. The van der Waals surface area contributed by atoms with Crippen LogP contribution in [-0.2, 0) is 16.0 Å². The summed E-state index contributed by atoms with van der Waals surface area (Å²) in [5.41, 5.74) is 2.52. The number of para-hydroxylation sites is 1. The molecule has 6 heteroatoms. The highest BCUT2D eigenvalue weighted by Gasteiger charge is 2.28. The van der Waals surface area contributed by atoms with E-state index >= 15 is 0 Å². The van der Waals surface area contributed by atoms with Gasteiger partial charge in [0, 0.05) is 25.6 Å². The van der Waals surface area contributed by atoms with Gasteiger partial charge >= 0.3 is 0 Å². The number of piperidine rings is 1. The predicted octanol–water partition coefficient (Wildman–Crippen LogP) is 3.68. The normalized spacial score (nSPS) is 15.3. The van der Waals surface area contributed by atoms with E-state index < -0.39 is 0 Å². The van der Waals surface area contributed by atoms with E-state index in [1.807, 2.05) is 49.3 Å². The Hall–Kier alpha value is -2.86. The lowest BCUT2D eigenvalue weighted by Crippen LogP contribution is -2.44. The summed E-state index contributed by atoms with van der Waals surface area (Å²) in [5.74, 6) is 0.914. The Balaban J connectivity index is 1.41. The molecular formula is C27H37N3O3. The van der Waals surface area contributed by atoms with Crippen molar-refractivity contribution in [1.82, 2.24) is 15.1 Å². The zero-order valence-corrected chi connectivity index (χ0v) is 20.1. The van der Waals surface area contributed by atoms with Gasteiger partial charge in [0.15, 0.2) is 0 Å². The van der Waals surface area contributed by atoms with Crippen LogP contribution in [0.2, 0.25) is 0 Å². The van der Waals surface area contributed by atoms with E-state index in [0.717, 1.165) is 12.2 Å². The van der Waals surface area contributed by atoms with Gasteiger partial charge in [0.1, 0.15) is 5.75 Å². The van der Waals surface area contributed by atoms with Crippen LogP contribution in [0, 0.1) is 5.92 Å². The first-order valence-electron chi connectivity index (χ1n) is 12.0. The molecule has 0 radical (unpaired) electrons. The summed E-state index contributed by atoms with van der Waals surface area (Å²) in [7, 11) is 4.08. The maximum Gasteiger partial charge on any atom is 0.225 e. The van der Waals surface area contributed by atoms with Crippen molar-refractivity contribution in [3.63, 3.8) is 0 Å². The number of amides is 2. The molecule has 1 unspecified atom stereocenters. The second-order valence-corrected chi connectivity index (χ2v) is 8.89. The first-order valence-corrected chi connectivity index (χ1v) is 12.0. The molecule has 0 spiro atoms. The monoisotopic (exact) mass is 451 g/mol. The van der Waals surface area contributed by atoms with E-state index in [2.05, 4.69) is 41.4 Å². The van der Waals surface area contributed by atoms with E-state index in [1.54, 1.807) is 0 Å². The first kappa shape index (κ1) is 24.8. The maximum absolute atomic E-state index is 12.8. The van der Waals surface area contributed by atoms with Crippen LogP contribution >= 0.6 is 0 Å². The van der Waals surface area contributed by atoms with E-state index in [1.165, 1.54) is 11.1 Å². The van der Waals surface area contributed by atoms with Crippen LogP contribution < -0.4 is 10.1 Å². The number of likely N-dealkylation sites (N-methyl/N-ethyl adjacent to an activating group) is 1. The summed E-state index contributed by atoms with van der Waals surface area (Å²) >= 11 is 0. The topological polar surface area (TPSA) is 61.9 Å². The van der Waals surface area contributed by atoms with Gasteiger partial charge in [0.25, 0.3) is 0 Å². The molecule has 6 nitrogen and oxygen atoms in total. The van der Waals surface area contributed by atoms with Crippen LogP contribution in [0.25, 0.3) is 0 Å². The Morgan fingerprint density at radius 1 is 1.06 bits per heavy atom. The fourth-order valence-electron chi connectivity index (χ4n) is 4.24. The highest BCUT2D eigenvalue weighted by atomic mass is 16.5. The molecule has 0 bridgehead atoms. The highest BCUT2D eigenvalue weighted by molar-refractivity contribution is 5.80. The number of nitrogens with one attached hydrogen (secondary N) is 1. The zero-order valence-electron chi connectivity index (χ0n) is 20.1. The van der Waals surface area contributed by atoms with Crippen LogP contribution in [0.3, 0.4) is 0 Å². The molecule has 2 aromatic rings. The number of likely N-dealkylation sites (tertiary alicyclic amines) is 1. The molecule has 2 aromatic carbocycles. The predicted molar refractivity (Wildman–Crippen MR) is 131 cm³/mol. The smallest absolute Gasteiger partial charge is 0.225 e. The molecule has 1 fully saturated rings. The lowest BCUT2D eigenvalue weighted by atomic mass is 9.95. The molecule has 1 N–H and O–H groups in total. The largest absolute Gasteiger partial charge is 0.493 e.